The van der Waals surface area contributed by atoms with Gasteiger partial charge < -0.3 is 10.3 Å². The highest BCUT2D eigenvalue weighted by Gasteiger charge is 2.24. The maximum Gasteiger partial charge on any atom is 0.270 e. The monoisotopic (exact) mass is 430 g/mol. The number of aromatic nitrogens is 1. The first-order chi connectivity index (χ1) is 14.2. The zero-order chi connectivity index (χ0) is 22.1. The van der Waals surface area contributed by atoms with Gasteiger partial charge in [-0.2, -0.15) is 4.31 Å². The number of carbonyl (C=O) groups is 1. The van der Waals surface area contributed by atoms with Crippen LogP contribution in [0, 0.1) is 17.0 Å². The molecule has 0 saturated heterocycles. The van der Waals surface area contributed by atoms with E-state index in [1.807, 2.05) is 0 Å². The van der Waals surface area contributed by atoms with Crippen LogP contribution in [-0.4, -0.2) is 41.6 Å². The van der Waals surface area contributed by atoms with E-state index >= 15 is 0 Å². The molecule has 0 fully saturated rings. The summed E-state index contributed by atoms with van der Waals surface area (Å²) in [5.41, 5.74) is 1.57. The summed E-state index contributed by atoms with van der Waals surface area (Å²) < 4.78 is 27.2. The lowest BCUT2D eigenvalue weighted by Crippen LogP contribution is -2.31. The van der Waals surface area contributed by atoms with Crippen LogP contribution in [0.5, 0.6) is 0 Å². The van der Waals surface area contributed by atoms with E-state index in [0.29, 0.717) is 35.2 Å². The Bertz CT molecular complexity index is 1230. The number of aromatic amines is 1. The van der Waals surface area contributed by atoms with Crippen LogP contribution in [0.3, 0.4) is 0 Å². The van der Waals surface area contributed by atoms with Gasteiger partial charge in [-0.25, -0.2) is 8.42 Å². The number of amides is 1. The van der Waals surface area contributed by atoms with E-state index in [9.17, 15) is 23.3 Å². The first-order valence-corrected chi connectivity index (χ1v) is 10.8. The van der Waals surface area contributed by atoms with Gasteiger partial charge in [0.2, 0.25) is 10.0 Å². The summed E-state index contributed by atoms with van der Waals surface area (Å²) in [5.74, 6) is -0.503. The van der Waals surface area contributed by atoms with E-state index in [4.69, 9.17) is 0 Å². The molecule has 3 rings (SSSR count). The van der Waals surface area contributed by atoms with E-state index in [0.717, 1.165) is 0 Å². The standard InChI is InChI=1S/C20H22N4O5S/c1-4-23(5-2)30(28,29)19-10-14(7-6-13(19)3)22-20(25)17-12-21-18-9-8-15(24(26)27)11-16(17)18/h6-12,21H,4-5H2,1-3H3,(H,22,25). The van der Waals surface area contributed by atoms with Gasteiger partial charge in [0, 0.05) is 48.0 Å². The predicted molar refractivity (Wildman–Crippen MR) is 114 cm³/mol. The highest BCUT2D eigenvalue weighted by atomic mass is 32.2. The molecule has 2 N–H and O–H groups in total. The molecule has 1 aromatic heterocycles. The normalized spacial score (nSPS) is 11.7. The Morgan fingerprint density at radius 2 is 1.87 bits per heavy atom. The van der Waals surface area contributed by atoms with Gasteiger partial charge in [-0.3, -0.25) is 14.9 Å². The topological polar surface area (TPSA) is 125 Å². The lowest BCUT2D eigenvalue weighted by molar-refractivity contribution is -0.384. The van der Waals surface area contributed by atoms with Crippen molar-refractivity contribution in [3.05, 3.63) is 63.8 Å². The molecule has 0 unspecified atom stereocenters. The second-order valence-electron chi connectivity index (χ2n) is 6.71. The number of benzene rings is 2. The van der Waals surface area contributed by atoms with Gasteiger partial charge in [0.25, 0.3) is 11.6 Å². The lowest BCUT2D eigenvalue weighted by Gasteiger charge is -2.20. The highest BCUT2D eigenvalue weighted by Crippen LogP contribution is 2.26. The molecule has 9 nitrogen and oxygen atoms in total. The number of non-ortho nitro benzene ring substituents is 1. The van der Waals surface area contributed by atoms with Crippen molar-refractivity contribution in [1.29, 1.82) is 0 Å². The van der Waals surface area contributed by atoms with Crippen LogP contribution in [0.1, 0.15) is 29.8 Å². The number of carbonyl (C=O) groups excluding carboxylic acids is 1. The second kappa shape index (κ2) is 8.25. The maximum atomic E-state index is 12.9. The Hall–Kier alpha value is -3.24. The number of fused-ring (bicyclic) bond motifs is 1. The Balaban J connectivity index is 1.96. The zero-order valence-electron chi connectivity index (χ0n) is 16.8. The molecule has 0 aliphatic rings. The third-order valence-corrected chi connectivity index (χ3v) is 7.08. The van der Waals surface area contributed by atoms with Crippen LogP contribution < -0.4 is 5.32 Å². The number of sulfonamides is 1. The summed E-state index contributed by atoms with van der Waals surface area (Å²) in [6.45, 7) is 5.89. The van der Waals surface area contributed by atoms with E-state index in [2.05, 4.69) is 10.3 Å². The van der Waals surface area contributed by atoms with Crippen molar-refractivity contribution in [2.75, 3.05) is 18.4 Å². The van der Waals surface area contributed by atoms with Crippen LogP contribution >= 0.6 is 0 Å². The summed E-state index contributed by atoms with van der Waals surface area (Å²) in [7, 11) is -3.69. The Labute approximate surface area is 173 Å². The fourth-order valence-electron chi connectivity index (χ4n) is 3.27. The number of hydrogen-bond acceptors (Lipinski definition) is 5. The summed E-state index contributed by atoms with van der Waals surface area (Å²) in [5, 5.41) is 14.1. The van der Waals surface area contributed by atoms with Crippen molar-refractivity contribution in [3.63, 3.8) is 0 Å². The Kier molecular flexibility index (Phi) is 5.90. The van der Waals surface area contributed by atoms with Crippen molar-refractivity contribution in [3.8, 4) is 0 Å². The number of nitrogens with one attached hydrogen (secondary N) is 2. The van der Waals surface area contributed by atoms with E-state index in [1.165, 1.54) is 34.8 Å². The fraction of sp³-hybridized carbons (Fsp3) is 0.250. The molecule has 3 aromatic rings. The quantitative estimate of drug-likeness (QED) is 0.437. The van der Waals surface area contributed by atoms with Gasteiger partial charge in [0.15, 0.2) is 0 Å². The largest absolute Gasteiger partial charge is 0.360 e. The molecule has 10 heteroatoms. The van der Waals surface area contributed by atoms with Gasteiger partial charge in [-0.15, -0.1) is 0 Å². The first-order valence-electron chi connectivity index (χ1n) is 9.36. The predicted octanol–water partition coefficient (Wildman–Crippen LogP) is 3.67. The van der Waals surface area contributed by atoms with Crippen LogP contribution in [0.25, 0.3) is 10.9 Å². The Morgan fingerprint density at radius 1 is 1.17 bits per heavy atom. The number of nitro benzene ring substituents is 1. The Morgan fingerprint density at radius 3 is 2.50 bits per heavy atom. The molecule has 0 saturated carbocycles. The van der Waals surface area contributed by atoms with Crippen molar-refractivity contribution in [1.82, 2.24) is 9.29 Å². The molecular formula is C20H22N4O5S. The number of nitro groups is 1. The molecular weight excluding hydrogens is 408 g/mol. The third kappa shape index (κ3) is 3.91. The van der Waals surface area contributed by atoms with E-state index < -0.39 is 20.9 Å². The maximum absolute atomic E-state index is 12.9. The van der Waals surface area contributed by atoms with Crippen LogP contribution in [0.4, 0.5) is 11.4 Å². The molecule has 158 valence electrons. The van der Waals surface area contributed by atoms with Gasteiger partial charge in [-0.1, -0.05) is 19.9 Å². The molecule has 1 amide bonds. The second-order valence-corrected chi connectivity index (χ2v) is 8.62. The number of nitrogens with zero attached hydrogens (tertiary/aromatic N) is 2. The molecule has 0 aliphatic carbocycles. The lowest BCUT2D eigenvalue weighted by atomic mass is 10.1. The van der Waals surface area contributed by atoms with Crippen LogP contribution in [0.15, 0.2) is 47.5 Å². The molecule has 0 aliphatic heterocycles. The number of aryl methyl sites for hydroxylation is 1. The number of rotatable bonds is 7. The fourth-order valence-corrected chi connectivity index (χ4v) is 4.98. The number of hydrogen-bond donors (Lipinski definition) is 2. The number of H-pyrrole nitrogens is 1. The van der Waals surface area contributed by atoms with E-state index in [1.54, 1.807) is 32.9 Å². The van der Waals surface area contributed by atoms with Gasteiger partial charge >= 0.3 is 0 Å². The van der Waals surface area contributed by atoms with Crippen LogP contribution in [0.2, 0.25) is 0 Å². The minimum atomic E-state index is -3.69. The SMILES string of the molecule is CCN(CC)S(=O)(=O)c1cc(NC(=O)c2c[nH]c3ccc([N+](=O)[O-])cc23)ccc1C. The third-order valence-electron chi connectivity index (χ3n) is 4.89. The minimum Gasteiger partial charge on any atom is -0.360 e. The van der Waals surface area contributed by atoms with Crippen molar-refractivity contribution in [2.45, 2.75) is 25.7 Å². The molecule has 2 aromatic carbocycles. The minimum absolute atomic E-state index is 0.124. The smallest absolute Gasteiger partial charge is 0.270 e. The van der Waals surface area contributed by atoms with Crippen LogP contribution in [-0.2, 0) is 10.0 Å². The van der Waals surface area contributed by atoms with Gasteiger partial charge in [0.1, 0.15) is 0 Å². The average Bonchev–Trinajstić information content (AvgIpc) is 3.13. The summed E-state index contributed by atoms with van der Waals surface area (Å²) in [4.78, 5) is 26.3. The molecule has 0 atom stereocenters. The summed E-state index contributed by atoms with van der Waals surface area (Å²) in [6.07, 6.45) is 1.46. The van der Waals surface area contributed by atoms with Crippen molar-refractivity contribution >= 4 is 38.2 Å². The average molecular weight is 430 g/mol. The first kappa shape index (κ1) is 21.5. The molecule has 0 spiro atoms. The molecule has 1 heterocycles. The van der Waals surface area contributed by atoms with E-state index in [-0.39, 0.29) is 16.1 Å². The molecule has 0 bridgehead atoms. The highest BCUT2D eigenvalue weighted by molar-refractivity contribution is 7.89. The number of anilines is 1. The summed E-state index contributed by atoms with van der Waals surface area (Å²) in [6, 6.07) is 8.89. The molecule has 30 heavy (non-hydrogen) atoms. The van der Waals surface area contributed by atoms with Gasteiger partial charge in [-0.05, 0) is 30.7 Å². The van der Waals surface area contributed by atoms with Gasteiger partial charge in [0.05, 0.1) is 15.4 Å². The van der Waals surface area contributed by atoms with Crippen molar-refractivity contribution < 1.29 is 18.1 Å². The summed E-state index contributed by atoms with van der Waals surface area (Å²) >= 11 is 0. The zero-order valence-corrected chi connectivity index (χ0v) is 17.6. The van der Waals surface area contributed by atoms with Crippen molar-refractivity contribution in [2.24, 2.45) is 0 Å². The molecule has 0 radical (unpaired) electrons.